The van der Waals surface area contributed by atoms with Crippen molar-refractivity contribution in [3.8, 4) is 0 Å². The molecule has 0 aromatic rings. The summed E-state index contributed by atoms with van der Waals surface area (Å²) in [7, 11) is 0. The van der Waals surface area contributed by atoms with Gasteiger partial charge in [-0.05, 0) is 30.7 Å². The van der Waals surface area contributed by atoms with Crippen LogP contribution in [0.3, 0.4) is 0 Å². The topological polar surface area (TPSA) is 3.24 Å². The standard InChI is InChI=1S/C10H19N.2C2H6/c1-3-9-5-6-10(9)7-11(4-2)8-10;2*1-2/h9H,3-8H2,1-2H3;2*1-2H3. The summed E-state index contributed by atoms with van der Waals surface area (Å²) in [6.07, 6.45) is 4.44. The van der Waals surface area contributed by atoms with E-state index >= 15 is 0 Å². The maximum atomic E-state index is 2.57. The van der Waals surface area contributed by atoms with E-state index in [1.807, 2.05) is 27.7 Å². The van der Waals surface area contributed by atoms with E-state index < -0.39 is 0 Å². The molecule has 2 rings (SSSR count). The minimum Gasteiger partial charge on any atom is -0.302 e. The van der Waals surface area contributed by atoms with Crippen LogP contribution in [0.1, 0.15) is 60.8 Å². The third-order valence-corrected chi connectivity index (χ3v) is 3.87. The summed E-state index contributed by atoms with van der Waals surface area (Å²) in [5, 5.41) is 0. The predicted molar refractivity (Wildman–Crippen MR) is 70.3 cm³/mol. The zero-order valence-electron chi connectivity index (χ0n) is 11.8. The predicted octanol–water partition coefficient (Wildman–Crippen LogP) is 4.18. The molecule has 1 atom stereocenters. The Morgan fingerprint density at radius 3 is 1.87 bits per heavy atom. The molecule has 0 aromatic heterocycles. The lowest BCUT2D eigenvalue weighted by Gasteiger charge is -2.61. The Bertz CT molecular complexity index is 145. The van der Waals surface area contributed by atoms with Gasteiger partial charge in [0.05, 0.1) is 0 Å². The molecule has 2 aliphatic rings. The molecule has 1 heterocycles. The highest BCUT2D eigenvalue weighted by Gasteiger charge is 2.52. The summed E-state index contributed by atoms with van der Waals surface area (Å²) in [4.78, 5) is 2.57. The first-order chi connectivity index (χ1) is 7.30. The Balaban J connectivity index is 0.000000442. The van der Waals surface area contributed by atoms with E-state index in [1.54, 1.807) is 0 Å². The van der Waals surface area contributed by atoms with Crippen molar-refractivity contribution in [2.75, 3.05) is 19.6 Å². The van der Waals surface area contributed by atoms with Crippen LogP contribution >= 0.6 is 0 Å². The fraction of sp³-hybridized carbons (Fsp3) is 1.00. The van der Waals surface area contributed by atoms with Gasteiger partial charge < -0.3 is 4.90 Å². The average Bonchev–Trinajstić information content (AvgIpc) is 2.22. The maximum Gasteiger partial charge on any atom is 0.00530 e. The molecule has 1 saturated carbocycles. The number of nitrogens with zero attached hydrogens (tertiary/aromatic N) is 1. The first kappa shape index (κ1) is 15.0. The van der Waals surface area contributed by atoms with Gasteiger partial charge in [0.1, 0.15) is 0 Å². The molecule has 1 saturated heterocycles. The van der Waals surface area contributed by atoms with Gasteiger partial charge in [-0.1, -0.05) is 48.0 Å². The lowest BCUT2D eigenvalue weighted by atomic mass is 9.55. The first-order valence-electron chi connectivity index (χ1n) is 7.03. The maximum absolute atomic E-state index is 2.57. The zero-order chi connectivity index (χ0) is 11.9. The third kappa shape index (κ3) is 2.96. The Hall–Kier alpha value is -0.0400. The molecule has 2 fully saturated rings. The van der Waals surface area contributed by atoms with Crippen LogP contribution in [0.2, 0.25) is 0 Å². The zero-order valence-corrected chi connectivity index (χ0v) is 11.8. The van der Waals surface area contributed by atoms with Gasteiger partial charge in [-0.2, -0.15) is 0 Å². The second kappa shape index (κ2) is 7.27. The molecule has 0 aromatic carbocycles. The van der Waals surface area contributed by atoms with E-state index in [-0.39, 0.29) is 0 Å². The van der Waals surface area contributed by atoms with Crippen molar-refractivity contribution < 1.29 is 0 Å². The quantitative estimate of drug-likeness (QED) is 0.665. The minimum absolute atomic E-state index is 0.810. The summed E-state index contributed by atoms with van der Waals surface area (Å²) >= 11 is 0. The van der Waals surface area contributed by atoms with Crippen LogP contribution in [0.4, 0.5) is 0 Å². The van der Waals surface area contributed by atoms with Crippen molar-refractivity contribution >= 4 is 0 Å². The summed E-state index contributed by atoms with van der Waals surface area (Å²) in [6.45, 7) is 16.7. The van der Waals surface area contributed by atoms with Crippen LogP contribution in [0.15, 0.2) is 0 Å². The second-order valence-corrected chi connectivity index (χ2v) is 4.31. The highest BCUT2D eigenvalue weighted by molar-refractivity contribution is 5.04. The molecular weight excluding hydrogens is 182 g/mol. The van der Waals surface area contributed by atoms with E-state index in [9.17, 15) is 0 Å². The molecule has 0 radical (unpaired) electrons. The van der Waals surface area contributed by atoms with Crippen LogP contribution in [0, 0.1) is 11.3 Å². The third-order valence-electron chi connectivity index (χ3n) is 3.87. The summed E-state index contributed by atoms with van der Waals surface area (Å²) < 4.78 is 0. The molecule has 1 aliphatic heterocycles. The number of hydrogen-bond donors (Lipinski definition) is 0. The Morgan fingerprint density at radius 2 is 1.60 bits per heavy atom. The van der Waals surface area contributed by atoms with Gasteiger partial charge in [-0.25, -0.2) is 0 Å². The molecule has 1 nitrogen and oxygen atoms in total. The van der Waals surface area contributed by atoms with Gasteiger partial charge in [0.15, 0.2) is 0 Å². The summed E-state index contributed by atoms with van der Waals surface area (Å²) in [5.74, 6) is 1.07. The molecule has 1 spiro atoms. The van der Waals surface area contributed by atoms with Crippen LogP contribution in [-0.2, 0) is 0 Å². The highest BCUT2D eigenvalue weighted by atomic mass is 15.2. The molecule has 92 valence electrons. The van der Waals surface area contributed by atoms with Crippen molar-refractivity contribution in [3.63, 3.8) is 0 Å². The molecule has 1 unspecified atom stereocenters. The van der Waals surface area contributed by atoms with Crippen molar-refractivity contribution in [1.82, 2.24) is 4.90 Å². The van der Waals surface area contributed by atoms with Gasteiger partial charge >= 0.3 is 0 Å². The first-order valence-corrected chi connectivity index (χ1v) is 7.03. The van der Waals surface area contributed by atoms with E-state index in [0.717, 1.165) is 11.3 Å². The van der Waals surface area contributed by atoms with E-state index in [0.29, 0.717) is 0 Å². The molecule has 1 heteroatoms. The smallest absolute Gasteiger partial charge is 0.00530 e. The van der Waals surface area contributed by atoms with E-state index in [1.165, 1.54) is 38.9 Å². The van der Waals surface area contributed by atoms with Crippen molar-refractivity contribution in [3.05, 3.63) is 0 Å². The second-order valence-electron chi connectivity index (χ2n) is 4.31. The summed E-state index contributed by atoms with van der Waals surface area (Å²) in [6, 6.07) is 0. The number of rotatable bonds is 2. The van der Waals surface area contributed by atoms with Gasteiger partial charge in [-0.15, -0.1) is 0 Å². The largest absolute Gasteiger partial charge is 0.302 e. The fourth-order valence-electron chi connectivity index (χ4n) is 2.88. The van der Waals surface area contributed by atoms with Crippen LogP contribution in [0.25, 0.3) is 0 Å². The molecule has 15 heavy (non-hydrogen) atoms. The molecule has 0 bridgehead atoms. The highest BCUT2D eigenvalue weighted by Crippen LogP contribution is 2.54. The Morgan fingerprint density at radius 1 is 1.07 bits per heavy atom. The molecule has 0 amide bonds. The van der Waals surface area contributed by atoms with Gasteiger partial charge in [-0.3, -0.25) is 0 Å². The molecular formula is C14H31N. The molecule has 0 N–H and O–H groups in total. The van der Waals surface area contributed by atoms with Crippen molar-refractivity contribution in [1.29, 1.82) is 0 Å². The summed E-state index contributed by atoms with van der Waals surface area (Å²) in [5.41, 5.74) is 0.810. The normalized spacial score (nSPS) is 26.4. The van der Waals surface area contributed by atoms with Crippen LogP contribution < -0.4 is 0 Å². The Kier molecular flexibility index (Phi) is 7.25. The van der Waals surface area contributed by atoms with Gasteiger partial charge in [0, 0.05) is 13.1 Å². The van der Waals surface area contributed by atoms with Crippen LogP contribution in [0.5, 0.6) is 0 Å². The Labute approximate surface area is 97.2 Å². The van der Waals surface area contributed by atoms with Crippen molar-refractivity contribution in [2.45, 2.75) is 60.8 Å². The fourth-order valence-corrected chi connectivity index (χ4v) is 2.88. The molecule has 1 aliphatic carbocycles. The number of likely N-dealkylation sites (tertiary alicyclic amines) is 1. The lowest BCUT2D eigenvalue weighted by molar-refractivity contribution is -0.112. The van der Waals surface area contributed by atoms with Gasteiger partial charge in [0.2, 0.25) is 0 Å². The lowest BCUT2D eigenvalue weighted by Crippen LogP contribution is -2.63. The van der Waals surface area contributed by atoms with Crippen LogP contribution in [-0.4, -0.2) is 24.5 Å². The van der Waals surface area contributed by atoms with E-state index in [2.05, 4.69) is 18.7 Å². The van der Waals surface area contributed by atoms with E-state index in [4.69, 9.17) is 0 Å². The average molecular weight is 213 g/mol. The van der Waals surface area contributed by atoms with Gasteiger partial charge in [0.25, 0.3) is 0 Å². The number of hydrogen-bond acceptors (Lipinski definition) is 1. The van der Waals surface area contributed by atoms with Crippen molar-refractivity contribution in [2.24, 2.45) is 11.3 Å². The monoisotopic (exact) mass is 213 g/mol. The minimum atomic E-state index is 0.810. The SMILES string of the molecule is CC.CC.CCC1CCC12CN(CC)C2.